The van der Waals surface area contributed by atoms with E-state index >= 15 is 0 Å². The average molecular weight is 372 g/mol. The van der Waals surface area contributed by atoms with Gasteiger partial charge in [-0.2, -0.15) is 0 Å². The fourth-order valence-corrected chi connectivity index (χ4v) is 4.86. The van der Waals surface area contributed by atoms with E-state index in [4.69, 9.17) is 10.5 Å². The minimum atomic E-state index is -0.484. The molecule has 1 heterocycles. The van der Waals surface area contributed by atoms with Crippen LogP contribution in [0, 0.1) is 19.8 Å². The fourth-order valence-electron chi connectivity index (χ4n) is 3.43. The number of aryl methyl sites for hydroxylation is 2. The van der Waals surface area contributed by atoms with Gasteiger partial charge in [0.1, 0.15) is 10.8 Å². The lowest BCUT2D eigenvalue weighted by Crippen LogP contribution is -2.22. The van der Waals surface area contributed by atoms with Crippen LogP contribution in [0.5, 0.6) is 5.75 Å². The van der Waals surface area contributed by atoms with Crippen molar-refractivity contribution in [3.63, 3.8) is 0 Å². The zero-order valence-corrected chi connectivity index (χ0v) is 16.2. The molecule has 2 aromatic rings. The van der Waals surface area contributed by atoms with Crippen molar-refractivity contribution in [3.8, 4) is 5.75 Å². The number of ether oxygens (including phenoxy) is 1. The number of nitrogens with two attached hydrogens (primary N) is 1. The number of carbonyl (C=O) groups excluding carboxylic acids is 2. The van der Waals surface area contributed by atoms with Crippen LogP contribution in [-0.2, 0) is 17.6 Å². The van der Waals surface area contributed by atoms with Crippen LogP contribution in [0.4, 0.5) is 5.00 Å². The predicted octanol–water partition coefficient (Wildman–Crippen LogP) is 3.61. The molecule has 3 N–H and O–H groups in total. The van der Waals surface area contributed by atoms with E-state index in [2.05, 4.69) is 12.2 Å². The summed E-state index contributed by atoms with van der Waals surface area (Å²) in [6.45, 7) is 6.05. The van der Waals surface area contributed by atoms with E-state index in [-0.39, 0.29) is 12.5 Å². The molecule has 26 heavy (non-hydrogen) atoms. The predicted molar refractivity (Wildman–Crippen MR) is 104 cm³/mol. The maximum Gasteiger partial charge on any atom is 0.262 e. The van der Waals surface area contributed by atoms with E-state index < -0.39 is 5.91 Å². The highest BCUT2D eigenvalue weighted by molar-refractivity contribution is 7.17. The van der Waals surface area contributed by atoms with Gasteiger partial charge in [-0.15, -0.1) is 11.3 Å². The SMILES string of the molecule is Cc1cc(C)cc(OCC(=O)Nc2sc3c(c2C(N)=O)CC[C@@H](C)C3)c1. The fraction of sp³-hybridized carbons (Fsp3) is 0.400. The van der Waals surface area contributed by atoms with Crippen molar-refractivity contribution in [2.45, 2.75) is 40.0 Å². The molecular formula is C20H24N2O3S. The van der Waals surface area contributed by atoms with Crippen molar-refractivity contribution < 1.29 is 14.3 Å². The number of rotatable bonds is 5. The second kappa shape index (κ2) is 7.50. The topological polar surface area (TPSA) is 81.4 Å². The zero-order chi connectivity index (χ0) is 18.8. The van der Waals surface area contributed by atoms with Gasteiger partial charge in [0.25, 0.3) is 11.8 Å². The Balaban J connectivity index is 1.72. The Hall–Kier alpha value is -2.34. The number of nitrogens with one attached hydrogen (secondary N) is 1. The van der Waals surface area contributed by atoms with Gasteiger partial charge < -0.3 is 15.8 Å². The largest absolute Gasteiger partial charge is 0.484 e. The third-order valence-electron chi connectivity index (χ3n) is 4.58. The van der Waals surface area contributed by atoms with Gasteiger partial charge in [-0.25, -0.2) is 0 Å². The molecule has 1 atom stereocenters. The lowest BCUT2D eigenvalue weighted by atomic mass is 9.88. The number of hydrogen-bond donors (Lipinski definition) is 2. The molecule has 0 saturated heterocycles. The van der Waals surface area contributed by atoms with E-state index in [9.17, 15) is 9.59 Å². The van der Waals surface area contributed by atoms with E-state index in [1.165, 1.54) is 11.3 Å². The van der Waals surface area contributed by atoms with Crippen molar-refractivity contribution in [3.05, 3.63) is 45.3 Å². The molecule has 0 aliphatic heterocycles. The van der Waals surface area contributed by atoms with E-state index in [1.807, 2.05) is 32.0 Å². The first-order valence-electron chi connectivity index (χ1n) is 8.78. The molecule has 1 aliphatic carbocycles. The third-order valence-corrected chi connectivity index (χ3v) is 5.75. The molecule has 2 amide bonds. The third kappa shape index (κ3) is 4.07. The molecule has 0 radical (unpaired) electrons. The number of anilines is 1. The van der Waals surface area contributed by atoms with Crippen molar-refractivity contribution in [2.24, 2.45) is 11.7 Å². The Morgan fingerprint density at radius 3 is 2.62 bits per heavy atom. The van der Waals surface area contributed by atoms with Crippen LogP contribution in [0.3, 0.4) is 0 Å². The van der Waals surface area contributed by atoms with Crippen LogP contribution in [0.2, 0.25) is 0 Å². The monoisotopic (exact) mass is 372 g/mol. The molecule has 0 unspecified atom stereocenters. The first-order chi connectivity index (χ1) is 12.3. The first kappa shape index (κ1) is 18.5. The summed E-state index contributed by atoms with van der Waals surface area (Å²) in [6, 6.07) is 5.82. The van der Waals surface area contributed by atoms with Gasteiger partial charge in [0.05, 0.1) is 5.56 Å². The number of hydrogen-bond acceptors (Lipinski definition) is 4. The molecule has 6 heteroatoms. The summed E-state index contributed by atoms with van der Waals surface area (Å²) in [4.78, 5) is 25.4. The Bertz CT molecular complexity index is 837. The number of fused-ring (bicyclic) bond motifs is 1. The van der Waals surface area contributed by atoms with E-state index in [0.29, 0.717) is 22.2 Å². The summed E-state index contributed by atoms with van der Waals surface area (Å²) in [6.07, 6.45) is 2.79. The minimum absolute atomic E-state index is 0.111. The second-order valence-corrected chi connectivity index (χ2v) is 8.19. The molecule has 0 bridgehead atoms. The number of amides is 2. The van der Waals surface area contributed by atoms with E-state index in [1.54, 1.807) is 0 Å². The van der Waals surface area contributed by atoms with Crippen molar-refractivity contribution >= 4 is 28.2 Å². The highest BCUT2D eigenvalue weighted by Crippen LogP contribution is 2.39. The van der Waals surface area contributed by atoms with Crippen molar-refractivity contribution in [1.82, 2.24) is 0 Å². The first-order valence-corrected chi connectivity index (χ1v) is 9.60. The number of carbonyl (C=O) groups is 2. The summed E-state index contributed by atoms with van der Waals surface area (Å²) >= 11 is 1.46. The van der Waals surface area contributed by atoms with Crippen LogP contribution >= 0.6 is 11.3 Å². The van der Waals surface area contributed by atoms with E-state index in [0.717, 1.165) is 40.8 Å². The van der Waals surface area contributed by atoms with Gasteiger partial charge in [-0.3, -0.25) is 9.59 Å². The number of thiophene rings is 1. The van der Waals surface area contributed by atoms with Gasteiger partial charge in [0, 0.05) is 4.88 Å². The number of benzene rings is 1. The van der Waals surface area contributed by atoms with Gasteiger partial charge >= 0.3 is 0 Å². The van der Waals surface area contributed by atoms with Gasteiger partial charge in [-0.05, 0) is 67.9 Å². The summed E-state index contributed by atoms with van der Waals surface area (Å²) < 4.78 is 5.60. The molecule has 3 rings (SSSR count). The molecule has 1 aromatic carbocycles. The zero-order valence-electron chi connectivity index (χ0n) is 15.3. The van der Waals surface area contributed by atoms with Crippen molar-refractivity contribution in [1.29, 1.82) is 0 Å². The van der Waals surface area contributed by atoms with Crippen LogP contribution in [0.15, 0.2) is 18.2 Å². The van der Waals surface area contributed by atoms with Crippen LogP contribution in [0.25, 0.3) is 0 Å². The van der Waals surface area contributed by atoms with Crippen LogP contribution < -0.4 is 15.8 Å². The summed E-state index contributed by atoms with van der Waals surface area (Å²) in [7, 11) is 0. The second-order valence-electron chi connectivity index (χ2n) is 7.08. The normalized spacial score (nSPS) is 16.0. The Morgan fingerprint density at radius 2 is 1.96 bits per heavy atom. The number of primary amides is 1. The summed E-state index contributed by atoms with van der Waals surface area (Å²) in [5.41, 5.74) is 9.21. The highest BCUT2D eigenvalue weighted by atomic mass is 32.1. The van der Waals surface area contributed by atoms with Crippen LogP contribution in [0.1, 0.15) is 45.3 Å². The van der Waals surface area contributed by atoms with Gasteiger partial charge in [-0.1, -0.05) is 13.0 Å². The van der Waals surface area contributed by atoms with Crippen molar-refractivity contribution in [2.75, 3.05) is 11.9 Å². The maximum absolute atomic E-state index is 12.3. The average Bonchev–Trinajstić information content (AvgIpc) is 2.89. The lowest BCUT2D eigenvalue weighted by molar-refractivity contribution is -0.118. The quantitative estimate of drug-likeness (QED) is 0.841. The molecule has 0 spiro atoms. The van der Waals surface area contributed by atoms with Gasteiger partial charge in [0.2, 0.25) is 0 Å². The molecule has 5 nitrogen and oxygen atoms in total. The Labute approximate surface area is 157 Å². The summed E-state index contributed by atoms with van der Waals surface area (Å²) in [5, 5.41) is 3.36. The molecule has 1 aromatic heterocycles. The molecule has 1 aliphatic rings. The van der Waals surface area contributed by atoms with Crippen LogP contribution in [-0.4, -0.2) is 18.4 Å². The lowest BCUT2D eigenvalue weighted by Gasteiger charge is -2.18. The Morgan fingerprint density at radius 1 is 1.27 bits per heavy atom. The standard InChI is InChI=1S/C20H24N2O3S/c1-11-4-5-15-16(9-11)26-20(18(15)19(21)24)22-17(23)10-25-14-7-12(2)6-13(3)8-14/h6-8,11H,4-5,9-10H2,1-3H3,(H2,21,24)(H,22,23)/t11-/m1/s1. The Kier molecular flexibility index (Phi) is 5.32. The summed E-state index contributed by atoms with van der Waals surface area (Å²) in [5.74, 6) is 0.464. The minimum Gasteiger partial charge on any atom is -0.484 e. The molecule has 0 saturated carbocycles. The molecule has 138 valence electrons. The smallest absolute Gasteiger partial charge is 0.262 e. The van der Waals surface area contributed by atoms with Gasteiger partial charge in [0.15, 0.2) is 6.61 Å². The molecule has 0 fully saturated rings. The maximum atomic E-state index is 12.3. The highest BCUT2D eigenvalue weighted by Gasteiger charge is 2.27. The molecular weight excluding hydrogens is 348 g/mol.